The monoisotopic (exact) mass is 383 g/mol. The smallest absolute Gasteiger partial charge is 0.251 e. The quantitative estimate of drug-likeness (QED) is 0.667. The first-order valence-electron chi connectivity index (χ1n) is 7.65. The molecule has 1 heterocycles. The lowest BCUT2D eigenvalue weighted by Crippen LogP contribution is -2.27. The fourth-order valence-corrected chi connectivity index (χ4v) is 2.83. The van der Waals surface area contributed by atoms with Gasteiger partial charge in [-0.3, -0.25) is 9.59 Å². The maximum atomic E-state index is 12.5. The molecule has 0 spiro atoms. The normalized spacial score (nSPS) is 10.4. The SMILES string of the molecule is CCNc1cc(Cl)cc(C(=O)NCc2c(Cl)[nH]c(OC)cc2=O)c1C. The lowest BCUT2D eigenvalue weighted by Gasteiger charge is -2.14. The molecule has 0 unspecified atom stereocenters. The van der Waals surface area contributed by atoms with Gasteiger partial charge in [0.25, 0.3) is 5.91 Å². The van der Waals surface area contributed by atoms with Crippen LogP contribution in [-0.2, 0) is 6.54 Å². The molecule has 0 radical (unpaired) electrons. The van der Waals surface area contributed by atoms with E-state index in [1.165, 1.54) is 13.2 Å². The second kappa shape index (κ2) is 8.27. The summed E-state index contributed by atoms with van der Waals surface area (Å²) in [4.78, 5) is 27.3. The lowest BCUT2D eigenvalue weighted by atomic mass is 10.1. The molecule has 2 aromatic rings. The van der Waals surface area contributed by atoms with Crippen molar-refractivity contribution in [3.8, 4) is 5.88 Å². The van der Waals surface area contributed by atoms with Gasteiger partial charge in [-0.05, 0) is 31.5 Å². The summed E-state index contributed by atoms with van der Waals surface area (Å²) >= 11 is 12.1. The fourth-order valence-electron chi connectivity index (χ4n) is 2.36. The van der Waals surface area contributed by atoms with Crippen molar-refractivity contribution in [2.75, 3.05) is 19.0 Å². The Morgan fingerprint density at radius 1 is 1.28 bits per heavy atom. The number of aromatic nitrogens is 1. The molecule has 8 heteroatoms. The van der Waals surface area contributed by atoms with Gasteiger partial charge in [-0.25, -0.2) is 0 Å². The van der Waals surface area contributed by atoms with Crippen molar-refractivity contribution in [3.05, 3.63) is 55.3 Å². The van der Waals surface area contributed by atoms with Crippen molar-refractivity contribution >= 4 is 34.8 Å². The molecule has 0 atom stereocenters. The first kappa shape index (κ1) is 19.1. The number of carbonyl (C=O) groups is 1. The van der Waals surface area contributed by atoms with Crippen LogP contribution in [0.3, 0.4) is 0 Å². The maximum absolute atomic E-state index is 12.5. The second-order valence-corrected chi connectivity index (χ2v) is 6.15. The van der Waals surface area contributed by atoms with E-state index in [0.29, 0.717) is 17.1 Å². The van der Waals surface area contributed by atoms with E-state index in [1.807, 2.05) is 13.8 Å². The Kier molecular flexibility index (Phi) is 6.33. The first-order valence-corrected chi connectivity index (χ1v) is 8.40. The fraction of sp³-hybridized carbons (Fsp3) is 0.294. The number of carbonyl (C=O) groups excluding carboxylic acids is 1. The molecule has 25 heavy (non-hydrogen) atoms. The number of nitrogens with one attached hydrogen (secondary N) is 3. The van der Waals surface area contributed by atoms with Gasteiger partial charge in [-0.2, -0.15) is 0 Å². The molecular weight excluding hydrogens is 365 g/mol. The Balaban J connectivity index is 2.23. The van der Waals surface area contributed by atoms with Gasteiger partial charge in [0.1, 0.15) is 5.15 Å². The number of aromatic amines is 1. The number of ether oxygens (including phenoxy) is 1. The van der Waals surface area contributed by atoms with Gasteiger partial charge in [-0.1, -0.05) is 23.2 Å². The molecule has 0 bridgehead atoms. The second-order valence-electron chi connectivity index (χ2n) is 5.33. The van der Waals surface area contributed by atoms with Gasteiger partial charge >= 0.3 is 0 Å². The molecule has 1 aromatic heterocycles. The van der Waals surface area contributed by atoms with E-state index in [-0.39, 0.29) is 34.5 Å². The summed E-state index contributed by atoms with van der Waals surface area (Å²) in [5.41, 5.74) is 1.93. The molecule has 1 aromatic carbocycles. The van der Waals surface area contributed by atoms with Crippen molar-refractivity contribution in [2.24, 2.45) is 0 Å². The molecule has 0 aliphatic rings. The van der Waals surface area contributed by atoms with E-state index in [0.717, 1.165) is 11.3 Å². The summed E-state index contributed by atoms with van der Waals surface area (Å²) in [6.45, 7) is 4.48. The third kappa shape index (κ3) is 4.46. The van der Waals surface area contributed by atoms with Gasteiger partial charge in [0, 0.05) is 35.4 Å². The van der Waals surface area contributed by atoms with Crippen molar-refractivity contribution in [1.82, 2.24) is 10.3 Å². The van der Waals surface area contributed by atoms with Crippen LogP contribution < -0.4 is 20.8 Å². The summed E-state index contributed by atoms with van der Waals surface area (Å²) in [5.74, 6) is -0.0866. The van der Waals surface area contributed by atoms with Crippen LogP contribution >= 0.6 is 23.2 Å². The summed E-state index contributed by atoms with van der Waals surface area (Å²) in [6, 6.07) is 4.64. The number of amides is 1. The van der Waals surface area contributed by atoms with Crippen LogP contribution in [-0.4, -0.2) is 24.5 Å². The minimum absolute atomic E-state index is 0.0144. The largest absolute Gasteiger partial charge is 0.482 e. The molecule has 0 aliphatic heterocycles. The number of hydrogen-bond acceptors (Lipinski definition) is 4. The van der Waals surface area contributed by atoms with Crippen molar-refractivity contribution in [1.29, 1.82) is 0 Å². The van der Waals surface area contributed by atoms with Crippen molar-refractivity contribution in [2.45, 2.75) is 20.4 Å². The zero-order chi connectivity index (χ0) is 18.6. The van der Waals surface area contributed by atoms with Crippen LogP contribution in [0.25, 0.3) is 0 Å². The summed E-state index contributed by atoms with van der Waals surface area (Å²) < 4.78 is 4.94. The minimum Gasteiger partial charge on any atom is -0.482 e. The topological polar surface area (TPSA) is 83.2 Å². The molecule has 0 fully saturated rings. The number of rotatable bonds is 6. The van der Waals surface area contributed by atoms with Gasteiger partial charge < -0.3 is 20.4 Å². The lowest BCUT2D eigenvalue weighted by molar-refractivity contribution is 0.0950. The molecule has 0 saturated heterocycles. The average Bonchev–Trinajstić information content (AvgIpc) is 2.56. The van der Waals surface area contributed by atoms with Gasteiger partial charge in [0.15, 0.2) is 11.3 Å². The Labute approximate surface area is 155 Å². The third-order valence-electron chi connectivity index (χ3n) is 3.69. The number of anilines is 1. The summed E-state index contributed by atoms with van der Waals surface area (Å²) in [6.07, 6.45) is 0. The van der Waals surface area contributed by atoms with Gasteiger partial charge in [-0.15, -0.1) is 0 Å². The molecule has 3 N–H and O–H groups in total. The Morgan fingerprint density at radius 3 is 2.60 bits per heavy atom. The summed E-state index contributed by atoms with van der Waals surface area (Å²) in [7, 11) is 1.42. The predicted octanol–water partition coefficient (Wildman–Crippen LogP) is 3.36. The third-order valence-corrected chi connectivity index (χ3v) is 4.23. The minimum atomic E-state index is -0.342. The number of benzene rings is 1. The maximum Gasteiger partial charge on any atom is 0.251 e. The van der Waals surface area contributed by atoms with Crippen LogP contribution in [0.1, 0.15) is 28.4 Å². The van der Waals surface area contributed by atoms with Crippen molar-refractivity contribution < 1.29 is 9.53 Å². The highest BCUT2D eigenvalue weighted by Crippen LogP contribution is 2.25. The zero-order valence-corrected chi connectivity index (χ0v) is 15.6. The Hall–Kier alpha value is -2.18. The standard InChI is InChI=1S/C17H19Cl2N3O3/c1-4-20-13-6-10(18)5-11(9(13)2)17(24)21-8-12-14(23)7-15(25-3)22-16(12)19/h5-7,20H,4,8H2,1-3H3,(H,21,24)(H,22,23). The first-order chi connectivity index (χ1) is 11.9. The highest BCUT2D eigenvalue weighted by Gasteiger charge is 2.15. The van der Waals surface area contributed by atoms with Crippen LogP contribution in [0.5, 0.6) is 5.88 Å². The van der Waals surface area contributed by atoms with Crippen LogP contribution in [0, 0.1) is 6.92 Å². The van der Waals surface area contributed by atoms with Gasteiger partial charge in [0.05, 0.1) is 12.7 Å². The number of hydrogen-bond donors (Lipinski definition) is 3. The van der Waals surface area contributed by atoms with E-state index in [2.05, 4.69) is 15.6 Å². The highest BCUT2D eigenvalue weighted by atomic mass is 35.5. The number of H-pyrrole nitrogens is 1. The summed E-state index contributed by atoms with van der Waals surface area (Å²) in [5, 5.41) is 6.44. The highest BCUT2D eigenvalue weighted by molar-refractivity contribution is 6.31. The molecule has 134 valence electrons. The zero-order valence-electron chi connectivity index (χ0n) is 14.1. The predicted molar refractivity (Wildman–Crippen MR) is 100 cm³/mol. The Morgan fingerprint density at radius 2 is 2.00 bits per heavy atom. The van der Waals surface area contributed by atoms with Crippen molar-refractivity contribution in [3.63, 3.8) is 0 Å². The number of halogens is 2. The van der Waals surface area contributed by atoms with Gasteiger partial charge in [0.2, 0.25) is 0 Å². The average molecular weight is 384 g/mol. The number of methoxy groups -OCH3 is 1. The molecular formula is C17H19Cl2N3O3. The molecule has 2 rings (SSSR count). The molecule has 0 aliphatic carbocycles. The van der Waals surface area contributed by atoms with E-state index < -0.39 is 0 Å². The van der Waals surface area contributed by atoms with Crippen LogP contribution in [0.15, 0.2) is 23.0 Å². The molecule has 0 saturated carbocycles. The molecule has 6 nitrogen and oxygen atoms in total. The van der Waals surface area contributed by atoms with E-state index >= 15 is 0 Å². The van der Waals surface area contributed by atoms with Crippen LogP contribution in [0.2, 0.25) is 10.2 Å². The molecule has 1 amide bonds. The van der Waals surface area contributed by atoms with E-state index in [1.54, 1.807) is 12.1 Å². The Bertz CT molecular complexity index is 850. The van der Waals surface area contributed by atoms with E-state index in [9.17, 15) is 9.59 Å². The van der Waals surface area contributed by atoms with E-state index in [4.69, 9.17) is 27.9 Å². The van der Waals surface area contributed by atoms with Crippen LogP contribution in [0.4, 0.5) is 5.69 Å². The number of pyridine rings is 1.